The van der Waals surface area contributed by atoms with Crippen molar-refractivity contribution < 1.29 is 13.2 Å². The topological polar surface area (TPSA) is 94.0 Å². The zero-order valence-corrected chi connectivity index (χ0v) is 19.0. The van der Waals surface area contributed by atoms with Gasteiger partial charge in [0.05, 0.1) is 10.6 Å². The van der Waals surface area contributed by atoms with Crippen molar-refractivity contribution in [3.05, 3.63) is 65.0 Å². The van der Waals surface area contributed by atoms with Crippen molar-refractivity contribution in [2.75, 3.05) is 11.1 Å². The summed E-state index contributed by atoms with van der Waals surface area (Å²) in [5.74, 6) is 0.0531. The van der Waals surface area contributed by atoms with E-state index in [9.17, 15) is 13.2 Å². The molecular formula is C21H24N4O3S2. The van der Waals surface area contributed by atoms with Crippen molar-refractivity contribution in [3.8, 4) is 0 Å². The van der Waals surface area contributed by atoms with E-state index in [0.717, 1.165) is 22.4 Å². The fourth-order valence-electron chi connectivity index (χ4n) is 2.78. The summed E-state index contributed by atoms with van der Waals surface area (Å²) in [6.07, 6.45) is 0. The number of aromatic nitrogens is 3. The van der Waals surface area contributed by atoms with Crippen LogP contribution in [0.5, 0.6) is 0 Å². The Morgan fingerprint density at radius 2 is 1.70 bits per heavy atom. The summed E-state index contributed by atoms with van der Waals surface area (Å²) < 4.78 is 26.9. The van der Waals surface area contributed by atoms with Gasteiger partial charge in [-0.05, 0) is 50.1 Å². The quantitative estimate of drug-likeness (QED) is 0.561. The van der Waals surface area contributed by atoms with Crippen LogP contribution in [-0.2, 0) is 27.4 Å². The smallest absolute Gasteiger partial charge is 0.234 e. The second-order valence-corrected chi connectivity index (χ2v) is 10.1. The molecule has 7 nitrogen and oxygen atoms in total. The molecular weight excluding hydrogens is 420 g/mol. The maximum absolute atomic E-state index is 12.7. The summed E-state index contributed by atoms with van der Waals surface area (Å²) >= 11 is 1.21. The highest BCUT2D eigenvalue weighted by Crippen LogP contribution is 2.21. The zero-order chi connectivity index (χ0) is 21.9. The van der Waals surface area contributed by atoms with E-state index >= 15 is 0 Å². The lowest BCUT2D eigenvalue weighted by Gasteiger charge is -2.09. The second-order valence-electron chi connectivity index (χ2n) is 7.19. The van der Waals surface area contributed by atoms with E-state index in [1.807, 2.05) is 39.0 Å². The van der Waals surface area contributed by atoms with E-state index in [2.05, 4.69) is 15.5 Å². The first-order valence-electron chi connectivity index (χ1n) is 9.33. The number of hydrogen-bond donors (Lipinski definition) is 1. The predicted molar refractivity (Wildman–Crippen MR) is 118 cm³/mol. The molecule has 0 radical (unpaired) electrons. The van der Waals surface area contributed by atoms with Crippen LogP contribution in [0, 0.1) is 20.8 Å². The molecule has 0 unspecified atom stereocenters. The summed E-state index contributed by atoms with van der Waals surface area (Å²) in [4.78, 5) is 12.6. The minimum Gasteiger partial charge on any atom is -0.325 e. The maximum atomic E-state index is 12.7. The number of aryl methyl sites for hydroxylation is 3. The maximum Gasteiger partial charge on any atom is 0.234 e. The SMILES string of the molecule is Cc1ccc(S(=O)(=O)Cc2nnc(SCC(=O)Nc3cc(C)ccc3C)n2C)cc1. The minimum atomic E-state index is -3.53. The third kappa shape index (κ3) is 5.28. The average molecular weight is 445 g/mol. The van der Waals surface area contributed by atoms with Gasteiger partial charge in [-0.3, -0.25) is 4.79 Å². The molecule has 0 aliphatic heterocycles. The molecule has 0 atom stereocenters. The van der Waals surface area contributed by atoms with Gasteiger partial charge in [0.25, 0.3) is 0 Å². The Kier molecular flexibility index (Phi) is 6.62. The van der Waals surface area contributed by atoms with Gasteiger partial charge in [-0.2, -0.15) is 0 Å². The fraction of sp³-hybridized carbons (Fsp3) is 0.286. The van der Waals surface area contributed by atoms with E-state index in [1.165, 1.54) is 11.8 Å². The highest BCUT2D eigenvalue weighted by Gasteiger charge is 2.20. The van der Waals surface area contributed by atoms with Gasteiger partial charge in [0.2, 0.25) is 5.91 Å². The number of nitrogens with zero attached hydrogens (tertiary/aromatic N) is 3. The number of carbonyl (C=O) groups is 1. The van der Waals surface area contributed by atoms with Crippen LogP contribution in [0.2, 0.25) is 0 Å². The Labute approximate surface area is 180 Å². The van der Waals surface area contributed by atoms with Gasteiger partial charge in [0.1, 0.15) is 11.6 Å². The van der Waals surface area contributed by atoms with Crippen LogP contribution in [0.25, 0.3) is 0 Å². The van der Waals surface area contributed by atoms with Gasteiger partial charge in [0, 0.05) is 12.7 Å². The van der Waals surface area contributed by atoms with Gasteiger partial charge in [-0.15, -0.1) is 10.2 Å². The molecule has 0 bridgehead atoms. The molecule has 0 saturated heterocycles. The number of hydrogen-bond acceptors (Lipinski definition) is 6. The average Bonchev–Trinajstić information content (AvgIpc) is 3.02. The fourth-order valence-corrected chi connectivity index (χ4v) is 4.82. The van der Waals surface area contributed by atoms with Crippen LogP contribution in [0.15, 0.2) is 52.5 Å². The normalized spacial score (nSPS) is 11.5. The molecule has 0 spiro atoms. The van der Waals surface area contributed by atoms with Crippen molar-refractivity contribution in [2.24, 2.45) is 7.05 Å². The van der Waals surface area contributed by atoms with Crippen LogP contribution in [0.4, 0.5) is 5.69 Å². The lowest BCUT2D eigenvalue weighted by molar-refractivity contribution is -0.113. The number of thioether (sulfide) groups is 1. The van der Waals surface area contributed by atoms with Crippen molar-refractivity contribution >= 4 is 33.2 Å². The number of benzene rings is 2. The Morgan fingerprint density at radius 1 is 1.03 bits per heavy atom. The zero-order valence-electron chi connectivity index (χ0n) is 17.3. The molecule has 1 amide bonds. The molecule has 1 aromatic heterocycles. The van der Waals surface area contributed by atoms with Crippen molar-refractivity contribution in [2.45, 2.75) is 36.6 Å². The van der Waals surface area contributed by atoms with Gasteiger partial charge >= 0.3 is 0 Å². The first kappa shape index (κ1) is 22.0. The van der Waals surface area contributed by atoms with Crippen LogP contribution in [0.1, 0.15) is 22.5 Å². The van der Waals surface area contributed by atoms with Crippen molar-refractivity contribution in [1.82, 2.24) is 14.8 Å². The first-order chi connectivity index (χ1) is 14.2. The summed E-state index contributed by atoms with van der Waals surface area (Å²) in [5, 5.41) is 11.4. The van der Waals surface area contributed by atoms with E-state index < -0.39 is 9.84 Å². The Morgan fingerprint density at radius 3 is 2.40 bits per heavy atom. The molecule has 0 fully saturated rings. The summed E-state index contributed by atoms with van der Waals surface area (Å²) in [6, 6.07) is 12.6. The molecule has 0 aliphatic carbocycles. The van der Waals surface area contributed by atoms with Gasteiger partial charge in [-0.1, -0.05) is 41.6 Å². The lowest BCUT2D eigenvalue weighted by atomic mass is 10.1. The number of amides is 1. The van der Waals surface area contributed by atoms with E-state index in [1.54, 1.807) is 35.9 Å². The van der Waals surface area contributed by atoms with Crippen molar-refractivity contribution in [3.63, 3.8) is 0 Å². The Balaban J connectivity index is 1.64. The minimum absolute atomic E-state index is 0.143. The largest absolute Gasteiger partial charge is 0.325 e. The standard InChI is InChI=1S/C21H24N4O3S2/c1-14-6-9-17(10-7-14)30(27,28)13-19-23-24-21(25(19)4)29-12-20(26)22-18-11-15(2)5-8-16(18)3/h5-11H,12-13H2,1-4H3,(H,22,26). The molecule has 2 aromatic carbocycles. The number of nitrogens with one attached hydrogen (secondary N) is 1. The molecule has 0 aliphatic rings. The molecule has 1 N–H and O–H groups in total. The van der Waals surface area contributed by atoms with Gasteiger partial charge in [-0.25, -0.2) is 8.42 Å². The molecule has 158 valence electrons. The number of anilines is 1. The van der Waals surface area contributed by atoms with E-state index in [-0.39, 0.29) is 22.3 Å². The van der Waals surface area contributed by atoms with E-state index in [4.69, 9.17) is 0 Å². The van der Waals surface area contributed by atoms with Gasteiger partial charge < -0.3 is 9.88 Å². The van der Waals surface area contributed by atoms with Crippen LogP contribution in [0.3, 0.4) is 0 Å². The summed E-state index contributed by atoms with van der Waals surface area (Å²) in [7, 11) is -1.83. The van der Waals surface area contributed by atoms with E-state index in [0.29, 0.717) is 11.0 Å². The van der Waals surface area contributed by atoms with Crippen LogP contribution < -0.4 is 5.32 Å². The van der Waals surface area contributed by atoms with Gasteiger partial charge in [0.15, 0.2) is 15.0 Å². The Hall–Kier alpha value is -2.65. The molecule has 30 heavy (non-hydrogen) atoms. The molecule has 0 saturated carbocycles. The monoisotopic (exact) mass is 444 g/mol. The summed E-state index contributed by atoms with van der Waals surface area (Å²) in [5.41, 5.74) is 3.83. The highest BCUT2D eigenvalue weighted by molar-refractivity contribution is 7.99. The van der Waals surface area contributed by atoms with Crippen molar-refractivity contribution in [1.29, 1.82) is 0 Å². The third-order valence-corrected chi connectivity index (χ3v) is 7.27. The third-order valence-electron chi connectivity index (χ3n) is 4.62. The molecule has 1 heterocycles. The second kappa shape index (κ2) is 9.01. The number of sulfone groups is 1. The van der Waals surface area contributed by atoms with Crippen LogP contribution in [-0.4, -0.2) is 34.8 Å². The molecule has 9 heteroatoms. The Bertz CT molecular complexity index is 1170. The number of rotatable bonds is 7. The van der Waals surface area contributed by atoms with Crippen LogP contribution >= 0.6 is 11.8 Å². The molecule has 3 rings (SSSR count). The lowest BCUT2D eigenvalue weighted by Crippen LogP contribution is -2.15. The molecule has 3 aromatic rings. The summed E-state index contributed by atoms with van der Waals surface area (Å²) in [6.45, 7) is 5.81. The first-order valence-corrected chi connectivity index (χ1v) is 12.0. The number of carbonyl (C=O) groups excluding carboxylic acids is 1. The predicted octanol–water partition coefficient (Wildman–Crippen LogP) is 3.45. The highest BCUT2D eigenvalue weighted by atomic mass is 32.2.